The number of likely N-dealkylation sites (tertiary alicyclic amines) is 1. The van der Waals surface area contributed by atoms with Crippen LogP contribution in [0.15, 0.2) is 12.5 Å². The molecule has 0 aromatic carbocycles. The molecule has 0 amide bonds. The molecule has 0 aliphatic carbocycles. The minimum atomic E-state index is 0.525. The molecular formula is C13H24N4. The lowest BCUT2D eigenvalue weighted by atomic mass is 10.3. The lowest BCUT2D eigenvalue weighted by Crippen LogP contribution is -2.26. The highest BCUT2D eigenvalue weighted by atomic mass is 15.2. The highest BCUT2D eigenvalue weighted by molar-refractivity contribution is 4.98. The van der Waals surface area contributed by atoms with Crippen LogP contribution in [-0.2, 0) is 13.1 Å². The molecule has 2 heterocycles. The maximum atomic E-state index is 4.25. The van der Waals surface area contributed by atoms with Crippen LogP contribution in [0, 0.1) is 0 Å². The molecule has 1 aromatic rings. The summed E-state index contributed by atoms with van der Waals surface area (Å²) in [6.07, 6.45) is 6.66. The summed E-state index contributed by atoms with van der Waals surface area (Å²) in [5, 5.41) is 3.44. The predicted octanol–water partition coefficient (Wildman–Crippen LogP) is 1.48. The van der Waals surface area contributed by atoms with Crippen LogP contribution in [0.2, 0.25) is 0 Å². The molecule has 0 spiro atoms. The largest absolute Gasteiger partial charge is 0.332 e. The van der Waals surface area contributed by atoms with Crippen molar-refractivity contribution < 1.29 is 0 Å². The summed E-state index contributed by atoms with van der Waals surface area (Å²) in [6, 6.07) is 0.525. The molecule has 4 heteroatoms. The first-order chi connectivity index (χ1) is 8.25. The van der Waals surface area contributed by atoms with Gasteiger partial charge in [0.15, 0.2) is 0 Å². The molecule has 96 valence electrons. The van der Waals surface area contributed by atoms with Gasteiger partial charge >= 0.3 is 0 Å². The van der Waals surface area contributed by atoms with Crippen LogP contribution in [0.4, 0.5) is 0 Å². The molecule has 0 atom stereocenters. The van der Waals surface area contributed by atoms with E-state index in [9.17, 15) is 0 Å². The predicted molar refractivity (Wildman–Crippen MR) is 69.9 cm³/mol. The van der Waals surface area contributed by atoms with Crippen LogP contribution in [-0.4, -0.2) is 40.1 Å². The summed E-state index contributed by atoms with van der Waals surface area (Å²) in [5.41, 5.74) is 1.29. The molecule has 0 unspecified atom stereocenters. The van der Waals surface area contributed by atoms with Crippen LogP contribution in [0.5, 0.6) is 0 Å². The molecule has 1 aliphatic heterocycles. The van der Waals surface area contributed by atoms with Gasteiger partial charge in [-0.3, -0.25) is 0 Å². The standard InChI is InChI=1S/C13H24N4/c1-12(2)15-10-13-9-14-11-17(13)8-7-16-5-3-4-6-16/h9,11-12,15H,3-8,10H2,1-2H3. The molecule has 4 nitrogen and oxygen atoms in total. The van der Waals surface area contributed by atoms with Crippen molar-refractivity contribution in [2.24, 2.45) is 0 Å². The van der Waals surface area contributed by atoms with Gasteiger partial charge in [0.1, 0.15) is 0 Å². The van der Waals surface area contributed by atoms with Gasteiger partial charge in [-0.2, -0.15) is 0 Å². The second-order valence-electron chi connectivity index (χ2n) is 5.16. The van der Waals surface area contributed by atoms with Crippen LogP contribution in [0.3, 0.4) is 0 Å². The fraction of sp³-hybridized carbons (Fsp3) is 0.769. The van der Waals surface area contributed by atoms with Crippen molar-refractivity contribution >= 4 is 0 Å². The molecule has 1 N–H and O–H groups in total. The van der Waals surface area contributed by atoms with Gasteiger partial charge in [0, 0.05) is 31.9 Å². The Morgan fingerprint density at radius 3 is 2.76 bits per heavy atom. The smallest absolute Gasteiger partial charge is 0.0949 e. The Morgan fingerprint density at radius 2 is 2.06 bits per heavy atom. The van der Waals surface area contributed by atoms with Crippen molar-refractivity contribution in [3.63, 3.8) is 0 Å². The maximum Gasteiger partial charge on any atom is 0.0949 e. The fourth-order valence-corrected chi connectivity index (χ4v) is 2.26. The van der Waals surface area contributed by atoms with Gasteiger partial charge in [-0.1, -0.05) is 13.8 Å². The van der Waals surface area contributed by atoms with Crippen molar-refractivity contribution in [2.75, 3.05) is 19.6 Å². The van der Waals surface area contributed by atoms with Crippen LogP contribution >= 0.6 is 0 Å². The van der Waals surface area contributed by atoms with Crippen LogP contribution < -0.4 is 5.32 Å². The number of hydrogen-bond acceptors (Lipinski definition) is 3. The molecule has 0 saturated carbocycles. The summed E-state index contributed by atoms with van der Waals surface area (Å²) in [4.78, 5) is 6.79. The van der Waals surface area contributed by atoms with E-state index in [0.717, 1.165) is 19.6 Å². The topological polar surface area (TPSA) is 33.1 Å². The van der Waals surface area contributed by atoms with Gasteiger partial charge in [-0.15, -0.1) is 0 Å². The molecule has 1 aromatic heterocycles. The monoisotopic (exact) mass is 236 g/mol. The van der Waals surface area contributed by atoms with Gasteiger partial charge in [0.05, 0.1) is 12.0 Å². The SMILES string of the molecule is CC(C)NCc1cncn1CCN1CCCC1. The van der Waals surface area contributed by atoms with Gasteiger partial charge in [-0.25, -0.2) is 4.98 Å². The first-order valence-corrected chi connectivity index (χ1v) is 6.70. The van der Waals surface area contributed by atoms with Crippen molar-refractivity contribution in [3.05, 3.63) is 18.2 Å². The Bertz CT molecular complexity index is 326. The van der Waals surface area contributed by atoms with E-state index in [2.05, 4.69) is 33.6 Å². The van der Waals surface area contributed by atoms with E-state index < -0.39 is 0 Å². The Hall–Kier alpha value is -0.870. The van der Waals surface area contributed by atoms with Gasteiger partial charge in [0.2, 0.25) is 0 Å². The molecule has 1 aliphatic rings. The maximum absolute atomic E-state index is 4.25. The second-order valence-corrected chi connectivity index (χ2v) is 5.16. The van der Waals surface area contributed by atoms with E-state index in [1.165, 1.54) is 31.6 Å². The Labute approximate surface area is 104 Å². The fourth-order valence-electron chi connectivity index (χ4n) is 2.26. The quantitative estimate of drug-likeness (QED) is 0.812. The van der Waals surface area contributed by atoms with Crippen molar-refractivity contribution in [2.45, 2.75) is 45.8 Å². The normalized spacial score (nSPS) is 17.1. The van der Waals surface area contributed by atoms with Crippen molar-refractivity contribution in [1.29, 1.82) is 0 Å². The average molecular weight is 236 g/mol. The van der Waals surface area contributed by atoms with Crippen molar-refractivity contribution in [1.82, 2.24) is 19.8 Å². The highest BCUT2D eigenvalue weighted by Crippen LogP contribution is 2.08. The Balaban J connectivity index is 1.80. The second kappa shape index (κ2) is 6.17. The molecule has 0 bridgehead atoms. The number of nitrogens with one attached hydrogen (secondary N) is 1. The number of nitrogens with zero attached hydrogens (tertiary/aromatic N) is 3. The van der Waals surface area contributed by atoms with E-state index in [4.69, 9.17) is 0 Å². The summed E-state index contributed by atoms with van der Waals surface area (Å²) >= 11 is 0. The van der Waals surface area contributed by atoms with Crippen molar-refractivity contribution in [3.8, 4) is 0 Å². The van der Waals surface area contributed by atoms with Gasteiger partial charge in [0.25, 0.3) is 0 Å². The van der Waals surface area contributed by atoms with E-state index in [-0.39, 0.29) is 0 Å². The number of aromatic nitrogens is 2. The average Bonchev–Trinajstić information content (AvgIpc) is 2.95. The highest BCUT2D eigenvalue weighted by Gasteiger charge is 2.11. The summed E-state index contributed by atoms with van der Waals surface area (Å²) in [5.74, 6) is 0. The van der Waals surface area contributed by atoms with E-state index in [1.807, 2.05) is 12.5 Å². The van der Waals surface area contributed by atoms with E-state index in [0.29, 0.717) is 6.04 Å². The molecule has 2 rings (SSSR count). The molecule has 1 fully saturated rings. The Kier molecular flexibility index (Phi) is 4.57. The van der Waals surface area contributed by atoms with E-state index in [1.54, 1.807) is 0 Å². The van der Waals surface area contributed by atoms with Gasteiger partial charge in [-0.05, 0) is 25.9 Å². The first kappa shape index (κ1) is 12.6. The van der Waals surface area contributed by atoms with Crippen LogP contribution in [0.1, 0.15) is 32.4 Å². The first-order valence-electron chi connectivity index (χ1n) is 6.70. The zero-order valence-corrected chi connectivity index (χ0v) is 11.0. The number of hydrogen-bond donors (Lipinski definition) is 1. The lowest BCUT2D eigenvalue weighted by molar-refractivity contribution is 0.320. The zero-order valence-electron chi connectivity index (χ0n) is 11.0. The molecule has 17 heavy (non-hydrogen) atoms. The molecule has 0 radical (unpaired) electrons. The third-order valence-electron chi connectivity index (χ3n) is 3.35. The lowest BCUT2D eigenvalue weighted by Gasteiger charge is -2.16. The molecule has 1 saturated heterocycles. The van der Waals surface area contributed by atoms with Gasteiger partial charge < -0.3 is 14.8 Å². The summed E-state index contributed by atoms with van der Waals surface area (Å²) in [7, 11) is 0. The third kappa shape index (κ3) is 3.82. The van der Waals surface area contributed by atoms with Crippen LogP contribution in [0.25, 0.3) is 0 Å². The summed E-state index contributed by atoms with van der Waals surface area (Å²) < 4.78 is 2.27. The van der Waals surface area contributed by atoms with E-state index >= 15 is 0 Å². The number of rotatable bonds is 6. The third-order valence-corrected chi connectivity index (χ3v) is 3.35. The molecular weight excluding hydrogens is 212 g/mol. The Morgan fingerprint density at radius 1 is 1.29 bits per heavy atom. The minimum Gasteiger partial charge on any atom is -0.332 e. The summed E-state index contributed by atoms with van der Waals surface area (Å²) in [6.45, 7) is 10.0. The zero-order chi connectivity index (χ0) is 12.1. The minimum absolute atomic E-state index is 0.525. The number of imidazole rings is 1.